The Bertz CT molecular complexity index is 762. The van der Waals surface area contributed by atoms with Crippen LogP contribution in [0.25, 0.3) is 0 Å². The maximum absolute atomic E-state index is 13.0. The molecule has 0 aliphatic rings. The number of thiocarbonyl (C=S) groups is 1. The predicted molar refractivity (Wildman–Crippen MR) is 97.8 cm³/mol. The molecule has 9 heteroatoms. The zero-order valence-electron chi connectivity index (χ0n) is 13.2. The van der Waals surface area contributed by atoms with Crippen LogP contribution in [0.5, 0.6) is 0 Å². The van der Waals surface area contributed by atoms with Crippen LogP contribution in [0.2, 0.25) is 0 Å². The maximum Gasteiger partial charge on any atom is 0.240 e. The first kappa shape index (κ1) is 18.3. The molecule has 128 valence electrons. The second-order valence-electron chi connectivity index (χ2n) is 5.14. The molecule has 0 atom stereocenters. The van der Waals surface area contributed by atoms with Gasteiger partial charge in [0.05, 0.1) is 22.4 Å². The Balaban J connectivity index is 2.02. The van der Waals surface area contributed by atoms with E-state index in [4.69, 9.17) is 18.0 Å². The van der Waals surface area contributed by atoms with E-state index in [1.54, 1.807) is 4.68 Å². The van der Waals surface area contributed by atoms with Crippen LogP contribution in [-0.4, -0.2) is 20.8 Å². The Morgan fingerprint density at radius 2 is 2.04 bits per heavy atom. The first-order chi connectivity index (χ1) is 11.3. The van der Waals surface area contributed by atoms with E-state index in [9.17, 15) is 9.18 Å². The van der Waals surface area contributed by atoms with Crippen molar-refractivity contribution in [3.05, 3.63) is 45.9 Å². The molecule has 0 radical (unpaired) electrons. The quantitative estimate of drug-likeness (QED) is 0.594. The lowest BCUT2D eigenvalue weighted by Gasteiger charge is -2.23. The van der Waals surface area contributed by atoms with E-state index in [0.29, 0.717) is 12.2 Å². The number of halogens is 2. The second kappa shape index (κ2) is 7.71. The van der Waals surface area contributed by atoms with Crippen LogP contribution in [-0.2, 0) is 11.3 Å². The minimum atomic E-state index is -0.386. The molecular weight excluding hydrogens is 397 g/mol. The SMILES string of the molecule is Cc1nn(CCC(=O)NN(C(N)=S)c2ccc(F)cc2)c(C)c1Br. The molecule has 0 spiro atoms. The topological polar surface area (TPSA) is 76.2 Å². The zero-order chi connectivity index (χ0) is 17.9. The van der Waals surface area contributed by atoms with Crippen molar-refractivity contribution in [1.82, 2.24) is 15.2 Å². The third-order valence-corrected chi connectivity index (χ3v) is 4.72. The van der Waals surface area contributed by atoms with E-state index in [1.807, 2.05) is 13.8 Å². The molecule has 24 heavy (non-hydrogen) atoms. The maximum atomic E-state index is 13.0. The summed E-state index contributed by atoms with van der Waals surface area (Å²) >= 11 is 8.39. The average molecular weight is 414 g/mol. The Morgan fingerprint density at radius 1 is 1.42 bits per heavy atom. The summed E-state index contributed by atoms with van der Waals surface area (Å²) < 4.78 is 15.7. The molecule has 1 heterocycles. The number of benzene rings is 1. The summed E-state index contributed by atoms with van der Waals surface area (Å²) in [5, 5.41) is 5.55. The Kier molecular flexibility index (Phi) is 5.89. The molecule has 2 aromatic rings. The minimum Gasteiger partial charge on any atom is -0.374 e. The molecule has 1 aromatic heterocycles. The number of hydrazine groups is 1. The molecule has 0 aliphatic heterocycles. The highest BCUT2D eigenvalue weighted by molar-refractivity contribution is 9.10. The summed E-state index contributed by atoms with van der Waals surface area (Å²) in [6, 6.07) is 5.49. The molecular formula is C15H17BrFN5OS. The lowest BCUT2D eigenvalue weighted by atomic mass is 10.3. The summed E-state index contributed by atoms with van der Waals surface area (Å²) in [6.45, 7) is 4.22. The average Bonchev–Trinajstić information content (AvgIpc) is 2.78. The molecule has 2 rings (SSSR count). The van der Waals surface area contributed by atoms with Gasteiger partial charge in [-0.15, -0.1) is 0 Å². The van der Waals surface area contributed by atoms with Gasteiger partial charge in [-0.25, -0.2) is 9.40 Å². The largest absolute Gasteiger partial charge is 0.374 e. The summed E-state index contributed by atoms with van der Waals surface area (Å²) in [6.07, 6.45) is 0.189. The summed E-state index contributed by atoms with van der Waals surface area (Å²) in [5.41, 5.74) is 10.5. The highest BCUT2D eigenvalue weighted by atomic mass is 79.9. The Morgan fingerprint density at radius 3 is 2.54 bits per heavy atom. The second-order valence-corrected chi connectivity index (χ2v) is 6.35. The number of hydrogen-bond donors (Lipinski definition) is 2. The predicted octanol–water partition coefficient (Wildman–Crippen LogP) is 2.57. The lowest BCUT2D eigenvalue weighted by Crippen LogP contribution is -2.49. The van der Waals surface area contributed by atoms with Crippen LogP contribution in [0.4, 0.5) is 10.1 Å². The minimum absolute atomic E-state index is 0.0381. The van der Waals surface area contributed by atoms with Crippen molar-refractivity contribution >= 4 is 44.9 Å². The van der Waals surface area contributed by atoms with Crippen LogP contribution in [0.1, 0.15) is 17.8 Å². The van der Waals surface area contributed by atoms with Crippen molar-refractivity contribution in [3.8, 4) is 0 Å². The zero-order valence-corrected chi connectivity index (χ0v) is 15.6. The van der Waals surface area contributed by atoms with Crippen molar-refractivity contribution in [3.63, 3.8) is 0 Å². The van der Waals surface area contributed by atoms with Gasteiger partial charge in [-0.2, -0.15) is 5.10 Å². The van der Waals surface area contributed by atoms with Crippen LogP contribution in [0.15, 0.2) is 28.7 Å². The van der Waals surface area contributed by atoms with E-state index in [0.717, 1.165) is 15.9 Å². The van der Waals surface area contributed by atoms with E-state index in [1.165, 1.54) is 29.3 Å². The standard InChI is InChI=1S/C15H17BrFN5OS/c1-9-14(16)10(2)21(19-9)8-7-13(23)20-22(15(18)24)12-5-3-11(17)4-6-12/h3-6H,7-8H2,1-2H3,(H2,18,24)(H,20,23). The fourth-order valence-electron chi connectivity index (χ4n) is 2.12. The van der Waals surface area contributed by atoms with E-state index in [2.05, 4.69) is 26.5 Å². The van der Waals surface area contributed by atoms with Gasteiger partial charge in [0.1, 0.15) is 5.82 Å². The third kappa shape index (κ3) is 4.30. The smallest absolute Gasteiger partial charge is 0.240 e. The third-order valence-electron chi connectivity index (χ3n) is 3.39. The number of aromatic nitrogens is 2. The number of aryl methyl sites for hydroxylation is 2. The molecule has 0 bridgehead atoms. The van der Waals surface area contributed by atoms with Gasteiger partial charge in [-0.1, -0.05) is 0 Å². The first-order valence-electron chi connectivity index (χ1n) is 7.13. The van der Waals surface area contributed by atoms with Gasteiger partial charge in [0.25, 0.3) is 0 Å². The number of nitrogens with one attached hydrogen (secondary N) is 1. The molecule has 3 N–H and O–H groups in total. The summed E-state index contributed by atoms with van der Waals surface area (Å²) in [7, 11) is 0. The van der Waals surface area contributed by atoms with Gasteiger partial charge < -0.3 is 5.73 Å². The molecule has 0 saturated carbocycles. The number of carbonyl (C=O) groups is 1. The number of nitrogens with two attached hydrogens (primary N) is 1. The van der Waals surface area contributed by atoms with Crippen molar-refractivity contribution < 1.29 is 9.18 Å². The van der Waals surface area contributed by atoms with Gasteiger partial charge in [-0.05, 0) is 66.3 Å². The van der Waals surface area contributed by atoms with Crippen molar-refractivity contribution in [2.75, 3.05) is 5.01 Å². The van der Waals surface area contributed by atoms with Crippen LogP contribution >= 0.6 is 28.1 Å². The number of hydrogen-bond acceptors (Lipinski definition) is 3. The Labute approximate surface area is 152 Å². The fraction of sp³-hybridized carbons (Fsp3) is 0.267. The van der Waals surface area contributed by atoms with Gasteiger partial charge in [0, 0.05) is 12.1 Å². The number of anilines is 1. The lowest BCUT2D eigenvalue weighted by molar-refractivity contribution is -0.121. The van der Waals surface area contributed by atoms with Gasteiger partial charge in [-0.3, -0.25) is 14.9 Å². The van der Waals surface area contributed by atoms with Crippen molar-refractivity contribution in [2.45, 2.75) is 26.8 Å². The summed E-state index contributed by atoms with van der Waals surface area (Å²) in [5.74, 6) is -0.668. The molecule has 0 unspecified atom stereocenters. The van der Waals surface area contributed by atoms with Crippen LogP contribution < -0.4 is 16.2 Å². The molecule has 0 fully saturated rings. The van der Waals surface area contributed by atoms with Crippen LogP contribution in [0.3, 0.4) is 0 Å². The molecule has 0 aliphatic carbocycles. The number of carbonyl (C=O) groups excluding carboxylic acids is 1. The van der Waals surface area contributed by atoms with Gasteiger partial charge in [0.2, 0.25) is 5.91 Å². The molecule has 1 aromatic carbocycles. The number of nitrogens with zero attached hydrogens (tertiary/aromatic N) is 3. The molecule has 6 nitrogen and oxygen atoms in total. The fourth-order valence-corrected chi connectivity index (χ4v) is 2.55. The number of amides is 1. The van der Waals surface area contributed by atoms with Gasteiger partial charge in [0.15, 0.2) is 5.11 Å². The highest BCUT2D eigenvalue weighted by Crippen LogP contribution is 2.20. The summed E-state index contributed by atoms with van der Waals surface area (Å²) in [4.78, 5) is 12.2. The van der Waals surface area contributed by atoms with Crippen molar-refractivity contribution in [1.29, 1.82) is 0 Å². The Hall–Kier alpha value is -2.00. The molecule has 0 saturated heterocycles. The monoisotopic (exact) mass is 413 g/mol. The molecule has 1 amide bonds. The van der Waals surface area contributed by atoms with Crippen LogP contribution in [0, 0.1) is 19.7 Å². The van der Waals surface area contributed by atoms with Gasteiger partial charge >= 0.3 is 0 Å². The van der Waals surface area contributed by atoms with E-state index >= 15 is 0 Å². The normalized spacial score (nSPS) is 10.5. The van der Waals surface area contributed by atoms with E-state index in [-0.39, 0.29) is 23.3 Å². The highest BCUT2D eigenvalue weighted by Gasteiger charge is 2.15. The number of rotatable bonds is 4. The van der Waals surface area contributed by atoms with Crippen molar-refractivity contribution in [2.24, 2.45) is 5.73 Å². The first-order valence-corrected chi connectivity index (χ1v) is 8.34. The van der Waals surface area contributed by atoms with E-state index < -0.39 is 0 Å².